The Kier molecular flexibility index (Phi) is 8.44. The quantitative estimate of drug-likeness (QED) is 0.218. The van der Waals surface area contributed by atoms with E-state index in [0.717, 1.165) is 43.7 Å². The number of carbonyl (C=O) groups excluding carboxylic acids is 2. The molecule has 204 valence electrons. The number of nitrogens with zero attached hydrogens (tertiary/aromatic N) is 4. The molecule has 1 aliphatic heterocycles. The lowest BCUT2D eigenvalue weighted by molar-refractivity contribution is -0.113. The van der Waals surface area contributed by atoms with Gasteiger partial charge in [-0.05, 0) is 18.4 Å². The number of carbonyl (C=O) groups is 2. The van der Waals surface area contributed by atoms with Crippen molar-refractivity contribution in [1.29, 1.82) is 0 Å². The molecule has 1 amide bonds. The highest BCUT2D eigenvalue weighted by Gasteiger charge is 2.25. The van der Waals surface area contributed by atoms with Gasteiger partial charge in [-0.3, -0.25) is 19.6 Å². The number of aromatic nitrogens is 4. The number of benzene rings is 1. The zero-order valence-electron chi connectivity index (χ0n) is 21.7. The zero-order valence-corrected chi connectivity index (χ0v) is 21.7. The second kappa shape index (κ2) is 12.5. The topological polar surface area (TPSA) is 163 Å². The molecule has 0 unspecified atom stereocenters. The average molecular weight is 532 g/mol. The van der Waals surface area contributed by atoms with Gasteiger partial charge in [-0.1, -0.05) is 30.3 Å². The molecular weight excluding hydrogens is 498 g/mol. The van der Waals surface area contributed by atoms with Crippen molar-refractivity contribution >= 4 is 35.0 Å². The number of hydrogen-bond acceptors (Lipinski definition) is 10. The van der Waals surface area contributed by atoms with Gasteiger partial charge in [0.15, 0.2) is 11.6 Å². The van der Waals surface area contributed by atoms with E-state index in [0.29, 0.717) is 43.0 Å². The van der Waals surface area contributed by atoms with Crippen molar-refractivity contribution in [2.45, 2.75) is 18.8 Å². The summed E-state index contributed by atoms with van der Waals surface area (Å²) >= 11 is 0. The van der Waals surface area contributed by atoms with Gasteiger partial charge >= 0.3 is 0 Å². The van der Waals surface area contributed by atoms with Gasteiger partial charge in [0.1, 0.15) is 11.5 Å². The highest BCUT2D eigenvalue weighted by Crippen LogP contribution is 2.39. The lowest BCUT2D eigenvalue weighted by Crippen LogP contribution is -2.41. The van der Waals surface area contributed by atoms with E-state index in [9.17, 15) is 9.59 Å². The Labute approximate surface area is 226 Å². The zero-order chi connectivity index (χ0) is 27.0. The summed E-state index contributed by atoms with van der Waals surface area (Å²) < 4.78 is 5.37. The fourth-order valence-corrected chi connectivity index (χ4v) is 4.19. The fourth-order valence-electron chi connectivity index (χ4n) is 4.19. The van der Waals surface area contributed by atoms with Crippen molar-refractivity contribution in [3.63, 3.8) is 0 Å². The molecule has 2 fully saturated rings. The minimum atomic E-state index is -0.336. The van der Waals surface area contributed by atoms with Crippen molar-refractivity contribution in [1.82, 2.24) is 30.4 Å². The summed E-state index contributed by atoms with van der Waals surface area (Å²) in [6.45, 7) is 4.18. The standard InChI is InChI=1S/C27H33N9O3/c28-21(18-4-2-1-3-5-18)14-20(37)17-30-27-31-23(26(38)29-8-9-36-10-12-39-13-11-36)16-24(33-27)32-25-15-22(34-35-25)19-6-7-19/h1-5,14-16,19H,6-13,17,28H2,(H,29,38)(H3,30,31,32,33,34,35). The molecule has 5 rings (SSSR count). The minimum absolute atomic E-state index is 0.0939. The Balaban J connectivity index is 1.26. The number of aromatic amines is 1. The highest BCUT2D eigenvalue weighted by molar-refractivity contribution is 5.98. The molecule has 0 radical (unpaired) electrons. The predicted molar refractivity (Wildman–Crippen MR) is 148 cm³/mol. The van der Waals surface area contributed by atoms with Crippen LogP contribution in [0.3, 0.4) is 0 Å². The molecule has 3 heterocycles. The number of ketones is 1. The lowest BCUT2D eigenvalue weighted by Gasteiger charge is -2.26. The van der Waals surface area contributed by atoms with Crippen molar-refractivity contribution in [3.05, 3.63) is 65.5 Å². The number of nitrogens with two attached hydrogens (primary N) is 1. The van der Waals surface area contributed by atoms with Crippen LogP contribution in [0.25, 0.3) is 5.70 Å². The van der Waals surface area contributed by atoms with Gasteiger partial charge in [0.2, 0.25) is 5.95 Å². The van der Waals surface area contributed by atoms with Crippen LogP contribution in [0.4, 0.5) is 17.6 Å². The first-order valence-electron chi connectivity index (χ1n) is 13.1. The Hall–Kier alpha value is -4.29. The highest BCUT2D eigenvalue weighted by atomic mass is 16.5. The van der Waals surface area contributed by atoms with Crippen molar-refractivity contribution in [3.8, 4) is 0 Å². The number of ether oxygens (including phenoxy) is 1. The summed E-state index contributed by atoms with van der Waals surface area (Å²) in [7, 11) is 0. The average Bonchev–Trinajstić information content (AvgIpc) is 3.71. The SMILES string of the molecule is NC(=CC(=O)CNc1nc(Nc2cc(C3CC3)[nH]n2)cc(C(=O)NCCN2CCOCC2)n1)c1ccccc1. The van der Waals surface area contributed by atoms with E-state index < -0.39 is 0 Å². The lowest BCUT2D eigenvalue weighted by atomic mass is 10.1. The molecule has 1 saturated heterocycles. The summed E-state index contributed by atoms with van der Waals surface area (Å²) in [4.78, 5) is 36.6. The van der Waals surface area contributed by atoms with E-state index in [4.69, 9.17) is 10.5 Å². The molecule has 39 heavy (non-hydrogen) atoms. The molecule has 0 atom stereocenters. The molecule has 12 heteroatoms. The number of anilines is 3. The fraction of sp³-hybridized carbons (Fsp3) is 0.370. The molecule has 3 aromatic rings. The smallest absolute Gasteiger partial charge is 0.270 e. The Morgan fingerprint density at radius 2 is 1.90 bits per heavy atom. The summed E-state index contributed by atoms with van der Waals surface area (Å²) in [6.07, 6.45) is 3.66. The first-order chi connectivity index (χ1) is 19.0. The maximum absolute atomic E-state index is 13.0. The molecule has 2 aliphatic rings. The van der Waals surface area contributed by atoms with Crippen molar-refractivity contribution in [2.75, 3.05) is 56.6 Å². The normalized spacial score (nSPS) is 16.1. The van der Waals surface area contributed by atoms with Gasteiger partial charge in [-0.25, -0.2) is 4.98 Å². The van der Waals surface area contributed by atoms with Gasteiger partial charge < -0.3 is 26.4 Å². The van der Waals surface area contributed by atoms with E-state index >= 15 is 0 Å². The van der Waals surface area contributed by atoms with E-state index in [1.165, 1.54) is 6.08 Å². The van der Waals surface area contributed by atoms with Crippen LogP contribution < -0.4 is 21.7 Å². The second-order valence-corrected chi connectivity index (χ2v) is 9.57. The molecule has 1 saturated carbocycles. The summed E-state index contributed by atoms with van der Waals surface area (Å²) in [5.41, 5.74) is 8.43. The van der Waals surface area contributed by atoms with Crippen molar-refractivity contribution < 1.29 is 14.3 Å². The van der Waals surface area contributed by atoms with Crippen LogP contribution in [-0.4, -0.2) is 82.7 Å². The van der Waals surface area contributed by atoms with Gasteiger partial charge in [0.05, 0.1) is 19.8 Å². The van der Waals surface area contributed by atoms with Crippen LogP contribution in [0.2, 0.25) is 0 Å². The Morgan fingerprint density at radius 3 is 2.67 bits per heavy atom. The number of rotatable bonds is 12. The van der Waals surface area contributed by atoms with Crippen LogP contribution in [0.15, 0.2) is 48.5 Å². The molecule has 1 aromatic carbocycles. The maximum Gasteiger partial charge on any atom is 0.270 e. The first-order valence-corrected chi connectivity index (χ1v) is 13.1. The van der Waals surface area contributed by atoms with Crippen LogP contribution >= 0.6 is 0 Å². The van der Waals surface area contributed by atoms with Crippen LogP contribution in [0.5, 0.6) is 0 Å². The van der Waals surface area contributed by atoms with Gasteiger partial charge in [0.25, 0.3) is 5.91 Å². The van der Waals surface area contributed by atoms with Gasteiger partial charge in [-0.15, -0.1) is 0 Å². The predicted octanol–water partition coefficient (Wildman–Crippen LogP) is 1.86. The summed E-state index contributed by atoms with van der Waals surface area (Å²) in [6, 6.07) is 12.8. The second-order valence-electron chi connectivity index (χ2n) is 9.57. The Morgan fingerprint density at radius 1 is 1.10 bits per heavy atom. The van der Waals surface area contributed by atoms with E-state index in [1.807, 2.05) is 36.4 Å². The molecule has 2 aromatic heterocycles. The van der Waals surface area contributed by atoms with E-state index in [1.54, 1.807) is 6.07 Å². The summed E-state index contributed by atoms with van der Waals surface area (Å²) in [5.74, 6) is 1.04. The first kappa shape index (κ1) is 26.3. The molecule has 1 aliphatic carbocycles. The van der Waals surface area contributed by atoms with Crippen LogP contribution in [0.1, 0.15) is 40.5 Å². The number of nitrogens with one attached hydrogen (secondary N) is 4. The largest absolute Gasteiger partial charge is 0.398 e. The third kappa shape index (κ3) is 7.62. The van der Waals surface area contributed by atoms with E-state index in [2.05, 4.69) is 41.0 Å². The number of H-pyrrole nitrogens is 1. The Bertz CT molecular complexity index is 1320. The van der Waals surface area contributed by atoms with Gasteiger partial charge in [-0.2, -0.15) is 10.1 Å². The number of amides is 1. The molecule has 0 spiro atoms. The maximum atomic E-state index is 13.0. The molecular formula is C27H33N9O3. The molecule has 6 N–H and O–H groups in total. The van der Waals surface area contributed by atoms with Crippen molar-refractivity contribution in [2.24, 2.45) is 5.73 Å². The monoisotopic (exact) mass is 531 g/mol. The molecule has 0 bridgehead atoms. The van der Waals surface area contributed by atoms with Crippen LogP contribution in [-0.2, 0) is 9.53 Å². The third-order valence-corrected chi connectivity index (χ3v) is 6.49. The third-order valence-electron chi connectivity index (χ3n) is 6.49. The van der Waals surface area contributed by atoms with Crippen LogP contribution in [0, 0.1) is 0 Å². The minimum Gasteiger partial charge on any atom is -0.398 e. The summed E-state index contributed by atoms with van der Waals surface area (Å²) in [5, 5.41) is 16.3. The number of hydrogen-bond donors (Lipinski definition) is 5. The number of morpholine rings is 1. The van der Waals surface area contributed by atoms with E-state index in [-0.39, 0.29) is 29.9 Å². The molecule has 12 nitrogen and oxygen atoms in total. The van der Waals surface area contributed by atoms with Gasteiger partial charge in [0, 0.05) is 61.7 Å².